The number of ketones is 2. The Morgan fingerprint density at radius 2 is 1.57 bits per heavy atom. The van der Waals surface area contributed by atoms with Gasteiger partial charge < -0.3 is 5.73 Å². The van der Waals surface area contributed by atoms with Gasteiger partial charge in [-0.25, -0.2) is 0 Å². The van der Waals surface area contributed by atoms with Gasteiger partial charge in [-0.3, -0.25) is 9.59 Å². The van der Waals surface area contributed by atoms with Crippen LogP contribution < -0.4 is 5.73 Å². The molecule has 1 radical (unpaired) electrons. The molecule has 3 nitrogen and oxygen atoms in total. The van der Waals surface area contributed by atoms with Crippen molar-refractivity contribution in [3.05, 3.63) is 47.2 Å². The summed E-state index contributed by atoms with van der Waals surface area (Å²) in [6.45, 7) is 0. The maximum atomic E-state index is 11.4. The number of hydrogen-bond donors (Lipinski definition) is 1. The number of rotatable bonds is 0. The molecule has 1 aromatic carbocycles. The van der Waals surface area contributed by atoms with Gasteiger partial charge in [-0.1, -0.05) is 24.3 Å². The van der Waals surface area contributed by atoms with E-state index in [2.05, 4.69) is 0 Å². The predicted octanol–water partition coefficient (Wildman–Crippen LogP) is 0.527. The summed E-state index contributed by atoms with van der Waals surface area (Å²) in [4.78, 5) is 22.7. The van der Waals surface area contributed by atoms with E-state index >= 15 is 0 Å². The van der Waals surface area contributed by atoms with Gasteiger partial charge in [-0.2, -0.15) is 0 Å². The molecule has 0 bridgehead atoms. The molecule has 0 heterocycles. The molecule has 14 heavy (non-hydrogen) atoms. The van der Waals surface area contributed by atoms with Crippen LogP contribution in [0.4, 0.5) is 0 Å². The van der Waals surface area contributed by atoms with Crippen LogP contribution >= 0.6 is 0 Å². The van der Waals surface area contributed by atoms with Crippen molar-refractivity contribution >= 4 is 63.0 Å². The largest absolute Gasteiger partial charge is 0.395 e. The first-order valence-corrected chi connectivity index (χ1v) is 3.85. The van der Waals surface area contributed by atoms with Crippen LogP contribution in [0, 0.1) is 0 Å². The van der Waals surface area contributed by atoms with Gasteiger partial charge in [-0.15, -0.1) is 0 Å². The minimum Gasteiger partial charge on any atom is -0.395 e. The van der Waals surface area contributed by atoms with Gasteiger partial charge in [0.15, 0.2) is 5.78 Å². The smallest absolute Gasteiger partial charge is 0.209 e. The Morgan fingerprint density at radius 3 is 2.21 bits per heavy atom. The fourth-order valence-corrected chi connectivity index (χ4v) is 1.34. The van der Waals surface area contributed by atoms with Gasteiger partial charge in [0.05, 0.1) is 5.70 Å². The molecule has 0 aliphatic heterocycles. The van der Waals surface area contributed by atoms with Crippen LogP contribution in [0.5, 0.6) is 0 Å². The number of benzene rings is 1. The van der Waals surface area contributed by atoms with Crippen molar-refractivity contribution in [2.45, 2.75) is 0 Å². The summed E-state index contributed by atoms with van der Waals surface area (Å²) >= 11 is 0. The van der Waals surface area contributed by atoms with Crippen LogP contribution in [0.1, 0.15) is 20.7 Å². The molecule has 2 N–H and O–H groups in total. The molecule has 0 unspecified atom stereocenters. The third-order valence-electron chi connectivity index (χ3n) is 1.99. The predicted molar refractivity (Wildman–Crippen MR) is 53.1 cm³/mol. The Balaban J connectivity index is 0.000000980. The van der Waals surface area contributed by atoms with E-state index in [4.69, 9.17) is 5.73 Å². The van der Waals surface area contributed by atoms with Crippen molar-refractivity contribution < 1.29 is 9.59 Å². The van der Waals surface area contributed by atoms with Crippen molar-refractivity contribution in [2.75, 3.05) is 0 Å². The number of Topliss-reactive ketones (excluding diaryl/α,β-unsaturated/α-hetero) is 1. The monoisotopic (exact) mass is 212 g/mol. The number of allylic oxidation sites excluding steroid dienone is 2. The van der Waals surface area contributed by atoms with Gasteiger partial charge in [0.25, 0.3) is 0 Å². The summed E-state index contributed by atoms with van der Waals surface area (Å²) in [7, 11) is 0. The Kier molecular flexibility index (Phi) is 3.80. The SMILES string of the molecule is NC1=CC(=O)c2ccccc2C1=O.[K]. The van der Waals surface area contributed by atoms with Crippen molar-refractivity contribution in [3.8, 4) is 0 Å². The van der Waals surface area contributed by atoms with Crippen LogP contribution in [-0.4, -0.2) is 63.0 Å². The fourth-order valence-electron chi connectivity index (χ4n) is 1.34. The maximum Gasteiger partial charge on any atom is 0.209 e. The molecular weight excluding hydrogens is 205 g/mol. The van der Waals surface area contributed by atoms with E-state index in [9.17, 15) is 9.59 Å². The van der Waals surface area contributed by atoms with Crippen LogP contribution in [0.2, 0.25) is 0 Å². The van der Waals surface area contributed by atoms with E-state index in [1.807, 2.05) is 0 Å². The number of fused-ring (bicyclic) bond motifs is 1. The molecular formula is C10H7KNO2. The average molecular weight is 212 g/mol. The summed E-state index contributed by atoms with van der Waals surface area (Å²) in [5.41, 5.74) is 6.22. The molecule has 65 valence electrons. The molecule has 0 amide bonds. The van der Waals surface area contributed by atoms with Crippen molar-refractivity contribution in [1.82, 2.24) is 0 Å². The molecule has 1 aromatic rings. The summed E-state index contributed by atoms with van der Waals surface area (Å²) in [5.74, 6) is -0.470. The number of hydrogen-bond acceptors (Lipinski definition) is 3. The Labute approximate surface area is 124 Å². The number of nitrogens with two attached hydrogens (primary N) is 1. The second-order valence-corrected chi connectivity index (χ2v) is 2.84. The molecule has 0 spiro atoms. The Morgan fingerprint density at radius 1 is 1.00 bits per heavy atom. The molecule has 0 saturated heterocycles. The van der Waals surface area contributed by atoms with Gasteiger partial charge >= 0.3 is 0 Å². The standard InChI is InChI=1S/C10H7NO2.K/c11-8-5-9(12)6-3-1-2-4-7(6)10(8)13;/h1-5H,11H2;. The van der Waals surface area contributed by atoms with E-state index in [1.165, 1.54) is 6.08 Å². The average Bonchev–Trinajstić information content (AvgIpc) is 2.15. The zero-order valence-electron chi connectivity index (χ0n) is 7.78. The number of carbonyl (C=O) groups is 2. The normalized spacial score (nSPS) is 14.1. The molecule has 0 aromatic heterocycles. The summed E-state index contributed by atoms with van der Waals surface area (Å²) in [6, 6.07) is 6.66. The minimum atomic E-state index is -0.268. The summed E-state index contributed by atoms with van der Waals surface area (Å²) in [5, 5.41) is 0. The van der Waals surface area contributed by atoms with E-state index in [0.29, 0.717) is 11.1 Å². The Hall–Kier alpha value is -0.264. The van der Waals surface area contributed by atoms with Gasteiger partial charge in [-0.05, 0) is 0 Å². The first kappa shape index (κ1) is 11.8. The Bertz CT molecular complexity index is 438. The molecule has 0 atom stereocenters. The molecule has 0 saturated carbocycles. The summed E-state index contributed by atoms with van der Waals surface area (Å²) < 4.78 is 0. The van der Waals surface area contributed by atoms with Gasteiger partial charge in [0, 0.05) is 68.6 Å². The van der Waals surface area contributed by atoms with Crippen LogP contribution in [0.3, 0.4) is 0 Å². The van der Waals surface area contributed by atoms with Crippen molar-refractivity contribution in [3.63, 3.8) is 0 Å². The number of carbonyl (C=O) groups excluding carboxylic acids is 2. The van der Waals surface area contributed by atoms with Crippen LogP contribution in [-0.2, 0) is 0 Å². The fraction of sp³-hybridized carbons (Fsp3) is 0. The molecule has 4 heteroatoms. The van der Waals surface area contributed by atoms with E-state index in [-0.39, 0.29) is 68.6 Å². The quantitative estimate of drug-likeness (QED) is 0.638. The molecule has 2 rings (SSSR count). The van der Waals surface area contributed by atoms with E-state index in [0.717, 1.165) is 0 Å². The zero-order valence-corrected chi connectivity index (χ0v) is 10.9. The van der Waals surface area contributed by atoms with Crippen molar-refractivity contribution in [2.24, 2.45) is 5.73 Å². The maximum absolute atomic E-state index is 11.4. The third kappa shape index (κ3) is 1.89. The topological polar surface area (TPSA) is 60.2 Å². The second kappa shape index (κ2) is 4.50. The van der Waals surface area contributed by atoms with Crippen LogP contribution in [0.15, 0.2) is 36.0 Å². The van der Waals surface area contributed by atoms with Crippen molar-refractivity contribution in [1.29, 1.82) is 0 Å². The summed E-state index contributed by atoms with van der Waals surface area (Å²) in [6.07, 6.45) is 1.17. The zero-order chi connectivity index (χ0) is 9.42. The van der Waals surface area contributed by atoms with E-state index in [1.54, 1.807) is 24.3 Å². The van der Waals surface area contributed by atoms with E-state index < -0.39 is 0 Å². The molecule has 0 fully saturated rings. The van der Waals surface area contributed by atoms with Crippen LogP contribution in [0.25, 0.3) is 0 Å². The van der Waals surface area contributed by atoms with Gasteiger partial charge in [0.1, 0.15) is 0 Å². The molecule has 1 aliphatic rings. The third-order valence-corrected chi connectivity index (χ3v) is 1.99. The second-order valence-electron chi connectivity index (χ2n) is 2.84. The first-order valence-electron chi connectivity index (χ1n) is 3.85. The molecule has 1 aliphatic carbocycles. The van der Waals surface area contributed by atoms with Gasteiger partial charge in [0.2, 0.25) is 5.78 Å². The first-order chi connectivity index (χ1) is 6.20. The minimum absolute atomic E-state index is 0.